The first kappa shape index (κ1) is 17.8. The van der Waals surface area contributed by atoms with Gasteiger partial charge < -0.3 is 20.5 Å². The zero-order chi connectivity index (χ0) is 17.6. The zero-order valence-corrected chi connectivity index (χ0v) is 15.7. The Morgan fingerprint density at radius 2 is 2.04 bits per heavy atom. The molecule has 0 aliphatic heterocycles. The molecule has 0 unspecified atom stereocenters. The minimum Gasteiger partial charge on any atom is -0.506 e. The molecule has 0 aliphatic rings. The number of phenolic OH excluding ortho intramolecular Hbond substituents is 1. The first-order valence-electron chi connectivity index (χ1n) is 8.04. The maximum atomic E-state index is 10.3. The van der Waals surface area contributed by atoms with Crippen LogP contribution in [0.1, 0.15) is 0 Å². The maximum Gasteiger partial charge on any atom is 0.139 e. The molecule has 0 saturated carbocycles. The Kier molecular flexibility index (Phi) is 6.01. The summed E-state index contributed by atoms with van der Waals surface area (Å²) in [6.07, 6.45) is 0. The van der Waals surface area contributed by atoms with Crippen LogP contribution in [0.15, 0.2) is 36.4 Å². The van der Waals surface area contributed by atoms with Crippen molar-refractivity contribution in [3.63, 3.8) is 0 Å². The number of hydrogen-bond acceptors (Lipinski definition) is 7. The molecule has 0 amide bonds. The van der Waals surface area contributed by atoms with Crippen molar-refractivity contribution in [2.75, 3.05) is 37.8 Å². The van der Waals surface area contributed by atoms with E-state index >= 15 is 0 Å². The number of ether oxygens (including phenoxy) is 1. The summed E-state index contributed by atoms with van der Waals surface area (Å²) in [6.45, 7) is 2.43. The van der Waals surface area contributed by atoms with Crippen molar-refractivity contribution in [1.29, 1.82) is 0 Å². The molecule has 0 fully saturated rings. The molecule has 1 heterocycles. The fourth-order valence-electron chi connectivity index (χ4n) is 2.46. The standard InChI is InChI=1S/C18H21N3O2S2/c1-23-13-3-5-15-17(11-13)25-18(21-15)12-2-4-14(16(22)10-12)20-7-6-19-8-9-24/h2-5,10-11,19-20,22,24H,6-9H2,1H3. The van der Waals surface area contributed by atoms with E-state index in [2.05, 4.69) is 28.2 Å². The number of fused-ring (bicyclic) bond motifs is 1. The van der Waals surface area contributed by atoms with Gasteiger partial charge in [-0.05, 0) is 36.4 Å². The predicted molar refractivity (Wildman–Crippen MR) is 108 cm³/mol. The van der Waals surface area contributed by atoms with Gasteiger partial charge in [-0.25, -0.2) is 4.98 Å². The van der Waals surface area contributed by atoms with Gasteiger partial charge in [0.25, 0.3) is 0 Å². The van der Waals surface area contributed by atoms with Crippen LogP contribution in [0.25, 0.3) is 20.8 Å². The molecule has 5 nitrogen and oxygen atoms in total. The molecular weight excluding hydrogens is 354 g/mol. The number of thiol groups is 1. The van der Waals surface area contributed by atoms with Gasteiger partial charge in [0.1, 0.15) is 16.5 Å². The van der Waals surface area contributed by atoms with Crippen LogP contribution in [0.3, 0.4) is 0 Å². The number of aromatic nitrogens is 1. The van der Waals surface area contributed by atoms with Crippen LogP contribution in [0, 0.1) is 0 Å². The molecule has 1 aromatic heterocycles. The van der Waals surface area contributed by atoms with E-state index in [4.69, 9.17) is 4.74 Å². The van der Waals surface area contributed by atoms with Crippen LogP contribution in [0.5, 0.6) is 11.5 Å². The molecule has 25 heavy (non-hydrogen) atoms. The van der Waals surface area contributed by atoms with Crippen LogP contribution in [-0.4, -0.2) is 42.6 Å². The summed E-state index contributed by atoms with van der Waals surface area (Å²) < 4.78 is 6.32. The highest BCUT2D eigenvalue weighted by Gasteiger charge is 2.10. The van der Waals surface area contributed by atoms with E-state index in [0.717, 1.165) is 57.6 Å². The van der Waals surface area contributed by atoms with Gasteiger partial charge in [0, 0.05) is 31.0 Å². The Hall–Kier alpha value is -1.96. The normalized spacial score (nSPS) is 11.0. The first-order chi connectivity index (χ1) is 12.2. The molecule has 0 bridgehead atoms. The second kappa shape index (κ2) is 8.42. The van der Waals surface area contributed by atoms with Gasteiger partial charge in [0.05, 0.1) is 23.0 Å². The Morgan fingerprint density at radius 3 is 2.80 bits per heavy atom. The quantitative estimate of drug-likeness (QED) is 0.275. The number of phenols is 1. The summed E-state index contributed by atoms with van der Waals surface area (Å²) in [5.41, 5.74) is 2.55. The van der Waals surface area contributed by atoms with E-state index in [1.807, 2.05) is 30.3 Å². The van der Waals surface area contributed by atoms with Gasteiger partial charge >= 0.3 is 0 Å². The Bertz CT molecular complexity index is 851. The Balaban J connectivity index is 1.73. The summed E-state index contributed by atoms with van der Waals surface area (Å²) in [5, 5.41) is 17.6. The third-order valence-corrected chi connectivity index (χ3v) is 5.04. The number of rotatable bonds is 8. The lowest BCUT2D eigenvalue weighted by Crippen LogP contribution is -2.23. The van der Waals surface area contributed by atoms with E-state index in [9.17, 15) is 5.11 Å². The molecule has 3 rings (SSSR count). The van der Waals surface area contributed by atoms with Crippen molar-refractivity contribution in [1.82, 2.24) is 10.3 Å². The number of hydrogen-bond donors (Lipinski definition) is 4. The molecule has 0 spiro atoms. The highest BCUT2D eigenvalue weighted by atomic mass is 32.1. The topological polar surface area (TPSA) is 66.4 Å². The van der Waals surface area contributed by atoms with Gasteiger partial charge in [-0.15, -0.1) is 11.3 Å². The van der Waals surface area contributed by atoms with Crippen LogP contribution >= 0.6 is 24.0 Å². The summed E-state index contributed by atoms with van der Waals surface area (Å²) in [6, 6.07) is 11.4. The fraction of sp³-hybridized carbons (Fsp3) is 0.278. The summed E-state index contributed by atoms with van der Waals surface area (Å²) in [7, 11) is 1.65. The lowest BCUT2D eigenvalue weighted by atomic mass is 10.2. The number of aromatic hydroxyl groups is 1. The smallest absolute Gasteiger partial charge is 0.139 e. The summed E-state index contributed by atoms with van der Waals surface area (Å²) in [4.78, 5) is 4.64. The Labute approximate surface area is 156 Å². The fourth-order valence-corrected chi connectivity index (χ4v) is 3.61. The third-order valence-electron chi connectivity index (χ3n) is 3.75. The molecule has 132 valence electrons. The number of anilines is 1. The van der Waals surface area contributed by atoms with E-state index in [0.29, 0.717) is 0 Å². The van der Waals surface area contributed by atoms with E-state index in [1.54, 1.807) is 24.5 Å². The highest BCUT2D eigenvalue weighted by Crippen LogP contribution is 2.35. The predicted octanol–water partition coefficient (Wildman–Crippen LogP) is 3.61. The van der Waals surface area contributed by atoms with E-state index in [-0.39, 0.29) is 5.75 Å². The third kappa shape index (κ3) is 4.36. The molecule has 7 heteroatoms. The summed E-state index contributed by atoms with van der Waals surface area (Å²) in [5.74, 6) is 1.86. The SMILES string of the molecule is COc1ccc2nc(-c3ccc(NCCNCCS)c(O)c3)sc2c1. The highest BCUT2D eigenvalue weighted by molar-refractivity contribution is 7.80. The second-order valence-corrected chi connectivity index (χ2v) is 6.96. The van der Waals surface area contributed by atoms with Crippen molar-refractivity contribution in [3.8, 4) is 22.1 Å². The number of benzene rings is 2. The van der Waals surface area contributed by atoms with Gasteiger partial charge in [-0.1, -0.05) is 0 Å². The molecule has 0 atom stereocenters. The number of nitrogens with one attached hydrogen (secondary N) is 2. The number of nitrogens with zero attached hydrogens (tertiary/aromatic N) is 1. The van der Waals surface area contributed by atoms with Crippen molar-refractivity contribution in [2.45, 2.75) is 0 Å². The largest absolute Gasteiger partial charge is 0.506 e. The maximum absolute atomic E-state index is 10.3. The minimum atomic E-state index is 0.225. The number of methoxy groups -OCH3 is 1. The lowest BCUT2D eigenvalue weighted by Gasteiger charge is -2.09. The summed E-state index contributed by atoms with van der Waals surface area (Å²) >= 11 is 5.73. The average Bonchev–Trinajstić information content (AvgIpc) is 3.05. The van der Waals surface area contributed by atoms with Crippen LogP contribution in [-0.2, 0) is 0 Å². The molecule has 0 saturated heterocycles. The average molecular weight is 376 g/mol. The first-order valence-corrected chi connectivity index (χ1v) is 9.49. The van der Waals surface area contributed by atoms with Crippen LogP contribution in [0.4, 0.5) is 5.69 Å². The van der Waals surface area contributed by atoms with Crippen molar-refractivity contribution in [2.24, 2.45) is 0 Å². The van der Waals surface area contributed by atoms with Gasteiger partial charge in [0.15, 0.2) is 0 Å². The second-order valence-electron chi connectivity index (χ2n) is 5.48. The number of thiazole rings is 1. The monoisotopic (exact) mass is 375 g/mol. The van der Waals surface area contributed by atoms with Crippen molar-refractivity contribution in [3.05, 3.63) is 36.4 Å². The Morgan fingerprint density at radius 1 is 1.16 bits per heavy atom. The molecular formula is C18H21N3O2S2. The van der Waals surface area contributed by atoms with E-state index < -0.39 is 0 Å². The minimum absolute atomic E-state index is 0.225. The lowest BCUT2D eigenvalue weighted by molar-refractivity contribution is 0.415. The van der Waals surface area contributed by atoms with Crippen molar-refractivity contribution >= 4 is 39.9 Å². The molecule has 0 aliphatic carbocycles. The van der Waals surface area contributed by atoms with Crippen LogP contribution < -0.4 is 15.4 Å². The molecule has 0 radical (unpaired) electrons. The molecule has 2 aromatic carbocycles. The van der Waals surface area contributed by atoms with Gasteiger partial charge in [-0.3, -0.25) is 0 Å². The zero-order valence-electron chi connectivity index (χ0n) is 14.0. The van der Waals surface area contributed by atoms with Gasteiger partial charge in [-0.2, -0.15) is 12.6 Å². The van der Waals surface area contributed by atoms with Crippen LogP contribution in [0.2, 0.25) is 0 Å². The van der Waals surface area contributed by atoms with Crippen molar-refractivity contribution < 1.29 is 9.84 Å². The van der Waals surface area contributed by atoms with Gasteiger partial charge in [0.2, 0.25) is 0 Å². The molecule has 3 aromatic rings. The van der Waals surface area contributed by atoms with E-state index in [1.165, 1.54) is 0 Å². The molecule has 3 N–H and O–H groups in total.